The van der Waals surface area contributed by atoms with Crippen molar-refractivity contribution in [2.24, 2.45) is 0 Å². The van der Waals surface area contributed by atoms with E-state index in [1.54, 1.807) is 12.1 Å². The van der Waals surface area contributed by atoms with Gasteiger partial charge in [0.1, 0.15) is 5.75 Å². The van der Waals surface area contributed by atoms with Crippen LogP contribution in [0.1, 0.15) is 15.9 Å². The fraction of sp³-hybridized carbons (Fsp3) is 0.0714. The first-order chi connectivity index (χ1) is 9.08. The van der Waals surface area contributed by atoms with Crippen LogP contribution in [0.3, 0.4) is 0 Å². The molecule has 0 aliphatic heterocycles. The Morgan fingerprint density at radius 2 is 2.00 bits per heavy atom. The van der Waals surface area contributed by atoms with Crippen molar-refractivity contribution in [2.75, 3.05) is 0 Å². The summed E-state index contributed by atoms with van der Waals surface area (Å²) in [6, 6.07) is 12.6. The maximum absolute atomic E-state index is 12.0. The van der Waals surface area contributed by atoms with Crippen molar-refractivity contribution in [1.29, 1.82) is 0 Å². The molecule has 0 radical (unpaired) electrons. The summed E-state index contributed by atoms with van der Waals surface area (Å²) in [5.41, 5.74) is 1.45. The second-order valence-electron chi connectivity index (χ2n) is 3.94. The minimum absolute atomic E-state index is 0.120. The van der Waals surface area contributed by atoms with Crippen LogP contribution in [0.2, 0.25) is 0 Å². The van der Waals surface area contributed by atoms with Crippen LogP contribution in [0.25, 0.3) is 0 Å². The van der Waals surface area contributed by atoms with Crippen LogP contribution in [-0.4, -0.2) is 11.0 Å². The maximum atomic E-state index is 12.0. The molecule has 0 fully saturated rings. The SMILES string of the molecule is O=C(NCc1ccccc1Br)c1ccc(I)c(O)c1. The van der Waals surface area contributed by atoms with Crippen molar-refractivity contribution in [3.05, 3.63) is 61.6 Å². The molecule has 98 valence electrons. The topological polar surface area (TPSA) is 49.3 Å². The van der Waals surface area contributed by atoms with E-state index >= 15 is 0 Å². The van der Waals surface area contributed by atoms with Crippen molar-refractivity contribution >= 4 is 44.4 Å². The van der Waals surface area contributed by atoms with Gasteiger partial charge in [-0.05, 0) is 52.4 Å². The second-order valence-corrected chi connectivity index (χ2v) is 5.96. The van der Waals surface area contributed by atoms with E-state index in [0.29, 0.717) is 12.1 Å². The number of halogens is 2. The Bertz CT molecular complexity index is 616. The van der Waals surface area contributed by atoms with Gasteiger partial charge < -0.3 is 10.4 Å². The van der Waals surface area contributed by atoms with Crippen molar-refractivity contribution in [1.82, 2.24) is 5.32 Å². The highest BCUT2D eigenvalue weighted by molar-refractivity contribution is 14.1. The minimum Gasteiger partial charge on any atom is -0.507 e. The summed E-state index contributed by atoms with van der Waals surface area (Å²) < 4.78 is 1.68. The lowest BCUT2D eigenvalue weighted by Gasteiger charge is -2.07. The third-order valence-electron chi connectivity index (χ3n) is 2.61. The molecule has 5 heteroatoms. The van der Waals surface area contributed by atoms with Crippen molar-refractivity contribution in [3.8, 4) is 5.75 Å². The number of hydrogen-bond donors (Lipinski definition) is 2. The summed E-state index contributed by atoms with van der Waals surface area (Å²) in [5.74, 6) is -0.0865. The van der Waals surface area contributed by atoms with Gasteiger partial charge in [0.15, 0.2) is 0 Å². The molecule has 2 rings (SSSR count). The van der Waals surface area contributed by atoms with E-state index in [2.05, 4.69) is 21.2 Å². The van der Waals surface area contributed by atoms with Gasteiger partial charge in [0.25, 0.3) is 5.91 Å². The van der Waals surface area contributed by atoms with Gasteiger partial charge >= 0.3 is 0 Å². The van der Waals surface area contributed by atoms with Gasteiger partial charge in [0, 0.05) is 16.6 Å². The van der Waals surface area contributed by atoms with E-state index in [0.717, 1.165) is 13.6 Å². The van der Waals surface area contributed by atoms with Crippen LogP contribution in [0.4, 0.5) is 0 Å². The number of benzene rings is 2. The molecule has 1 amide bonds. The lowest BCUT2D eigenvalue weighted by molar-refractivity contribution is 0.0950. The summed E-state index contributed by atoms with van der Waals surface area (Å²) >= 11 is 5.44. The molecular weight excluding hydrogens is 421 g/mol. The highest BCUT2D eigenvalue weighted by Gasteiger charge is 2.08. The molecule has 0 aliphatic carbocycles. The highest BCUT2D eigenvalue weighted by atomic mass is 127. The Morgan fingerprint density at radius 1 is 1.26 bits per heavy atom. The molecule has 0 aliphatic rings. The van der Waals surface area contributed by atoms with Crippen LogP contribution < -0.4 is 5.32 Å². The standard InChI is InChI=1S/C14H11BrINO2/c15-11-4-2-1-3-10(11)8-17-14(19)9-5-6-12(16)13(18)7-9/h1-7,18H,8H2,(H,17,19). The fourth-order valence-electron chi connectivity index (χ4n) is 1.57. The molecule has 0 spiro atoms. The first-order valence-electron chi connectivity index (χ1n) is 5.58. The Kier molecular flexibility index (Phi) is 4.81. The summed E-state index contributed by atoms with van der Waals surface area (Å²) in [6.07, 6.45) is 0. The van der Waals surface area contributed by atoms with Crippen LogP contribution >= 0.6 is 38.5 Å². The van der Waals surface area contributed by atoms with E-state index < -0.39 is 0 Å². The van der Waals surface area contributed by atoms with Gasteiger partial charge in [-0.15, -0.1) is 0 Å². The summed E-state index contributed by atoms with van der Waals surface area (Å²) in [7, 11) is 0. The predicted molar refractivity (Wildman–Crippen MR) is 86.1 cm³/mol. The number of phenolic OH excluding ortho intramolecular Hbond substituents is 1. The summed E-state index contributed by atoms with van der Waals surface area (Å²) in [4.78, 5) is 12.0. The van der Waals surface area contributed by atoms with Crippen LogP contribution in [0, 0.1) is 3.57 Å². The van der Waals surface area contributed by atoms with E-state index in [9.17, 15) is 9.90 Å². The smallest absolute Gasteiger partial charge is 0.251 e. The second kappa shape index (κ2) is 6.38. The quantitative estimate of drug-likeness (QED) is 0.728. The van der Waals surface area contributed by atoms with Gasteiger partial charge in [0.05, 0.1) is 3.57 Å². The molecule has 2 N–H and O–H groups in total. The zero-order valence-corrected chi connectivity index (χ0v) is 13.6. The number of carbonyl (C=O) groups is 1. The predicted octanol–water partition coefficient (Wildman–Crippen LogP) is 3.69. The van der Waals surface area contributed by atoms with Gasteiger partial charge in [0.2, 0.25) is 0 Å². The molecule has 0 aromatic heterocycles. The van der Waals surface area contributed by atoms with Crippen molar-refractivity contribution in [2.45, 2.75) is 6.54 Å². The average Bonchev–Trinajstić information content (AvgIpc) is 2.40. The molecule has 0 unspecified atom stereocenters. The molecule has 0 atom stereocenters. The molecule has 0 saturated carbocycles. The number of amides is 1. The van der Waals surface area contributed by atoms with Gasteiger partial charge in [-0.25, -0.2) is 0 Å². The maximum Gasteiger partial charge on any atom is 0.251 e. The minimum atomic E-state index is -0.206. The molecular formula is C14H11BrINO2. The van der Waals surface area contributed by atoms with Crippen LogP contribution in [-0.2, 0) is 6.54 Å². The van der Waals surface area contributed by atoms with Gasteiger partial charge in [-0.3, -0.25) is 4.79 Å². The van der Waals surface area contributed by atoms with Crippen molar-refractivity contribution in [3.63, 3.8) is 0 Å². The molecule has 3 nitrogen and oxygen atoms in total. The molecule has 19 heavy (non-hydrogen) atoms. The van der Waals surface area contributed by atoms with Gasteiger partial charge in [-0.1, -0.05) is 34.1 Å². The Labute approximate surface area is 133 Å². The Balaban J connectivity index is 2.05. The molecule has 2 aromatic rings. The normalized spacial score (nSPS) is 10.2. The number of phenols is 1. The monoisotopic (exact) mass is 431 g/mol. The lowest BCUT2D eigenvalue weighted by atomic mass is 10.2. The zero-order valence-electron chi connectivity index (χ0n) is 9.86. The van der Waals surface area contributed by atoms with Crippen LogP contribution in [0.5, 0.6) is 5.75 Å². The number of aromatic hydroxyl groups is 1. The lowest BCUT2D eigenvalue weighted by Crippen LogP contribution is -2.22. The first-order valence-corrected chi connectivity index (χ1v) is 7.45. The largest absolute Gasteiger partial charge is 0.507 e. The third-order valence-corrected chi connectivity index (χ3v) is 4.29. The number of rotatable bonds is 3. The molecule has 2 aromatic carbocycles. The average molecular weight is 432 g/mol. The van der Waals surface area contributed by atoms with Crippen LogP contribution in [0.15, 0.2) is 46.9 Å². The van der Waals surface area contributed by atoms with E-state index in [-0.39, 0.29) is 11.7 Å². The number of hydrogen-bond acceptors (Lipinski definition) is 2. The van der Waals surface area contributed by atoms with E-state index in [1.165, 1.54) is 6.07 Å². The zero-order chi connectivity index (χ0) is 13.8. The highest BCUT2D eigenvalue weighted by Crippen LogP contribution is 2.20. The van der Waals surface area contributed by atoms with Gasteiger partial charge in [-0.2, -0.15) is 0 Å². The molecule has 0 heterocycles. The van der Waals surface area contributed by atoms with Crippen molar-refractivity contribution < 1.29 is 9.90 Å². The number of carbonyl (C=O) groups excluding carboxylic acids is 1. The fourth-order valence-corrected chi connectivity index (χ4v) is 2.33. The summed E-state index contributed by atoms with van der Waals surface area (Å²) in [6.45, 7) is 0.438. The number of nitrogens with one attached hydrogen (secondary N) is 1. The van der Waals surface area contributed by atoms with E-state index in [1.807, 2.05) is 46.9 Å². The Morgan fingerprint density at radius 3 is 2.68 bits per heavy atom. The Hall–Kier alpha value is -1.08. The van der Waals surface area contributed by atoms with E-state index in [4.69, 9.17) is 0 Å². The first kappa shape index (κ1) is 14.3. The third kappa shape index (κ3) is 3.70. The molecule has 0 bridgehead atoms. The molecule has 0 saturated heterocycles. The summed E-state index contributed by atoms with van der Waals surface area (Å²) in [5, 5.41) is 12.4.